The molecular formula is C12H15NO. The van der Waals surface area contributed by atoms with Gasteiger partial charge in [0.25, 0.3) is 0 Å². The summed E-state index contributed by atoms with van der Waals surface area (Å²) in [4.78, 5) is 2.29. The molecule has 2 nitrogen and oxygen atoms in total. The van der Waals surface area contributed by atoms with Crippen LogP contribution in [0.1, 0.15) is 5.56 Å². The van der Waals surface area contributed by atoms with E-state index < -0.39 is 0 Å². The van der Waals surface area contributed by atoms with Crippen LogP contribution in [-0.2, 0) is 4.74 Å². The fourth-order valence-corrected chi connectivity index (χ4v) is 1.48. The van der Waals surface area contributed by atoms with E-state index in [2.05, 4.69) is 41.4 Å². The van der Waals surface area contributed by atoms with Gasteiger partial charge in [0, 0.05) is 13.1 Å². The monoisotopic (exact) mass is 189 g/mol. The average Bonchev–Trinajstić information content (AvgIpc) is 2.29. The lowest BCUT2D eigenvalue weighted by molar-refractivity contribution is 0.0597. The third-order valence-electron chi connectivity index (χ3n) is 2.32. The number of nitrogens with zero attached hydrogens (tertiary/aromatic N) is 1. The lowest BCUT2D eigenvalue weighted by Crippen LogP contribution is -2.31. The fourth-order valence-electron chi connectivity index (χ4n) is 1.48. The molecule has 1 saturated heterocycles. The summed E-state index contributed by atoms with van der Waals surface area (Å²) in [7, 11) is 0. The van der Waals surface area contributed by atoms with Crippen molar-refractivity contribution in [2.75, 3.05) is 26.3 Å². The van der Waals surface area contributed by atoms with Gasteiger partial charge in [-0.05, 0) is 17.8 Å². The highest BCUT2D eigenvalue weighted by atomic mass is 16.5. The Bertz CT molecular complexity index is 288. The zero-order valence-corrected chi connectivity index (χ0v) is 8.23. The third-order valence-corrected chi connectivity index (χ3v) is 2.32. The summed E-state index contributed by atoms with van der Waals surface area (Å²) in [5.74, 6) is 0. The first-order chi connectivity index (χ1) is 6.95. The van der Waals surface area contributed by atoms with Crippen molar-refractivity contribution < 1.29 is 4.74 Å². The molecule has 0 atom stereocenters. The van der Waals surface area contributed by atoms with Crippen LogP contribution in [-0.4, -0.2) is 31.2 Å². The lowest BCUT2D eigenvalue weighted by Gasteiger charge is -2.24. The molecule has 0 bridgehead atoms. The summed E-state index contributed by atoms with van der Waals surface area (Å²) in [5.41, 5.74) is 1.25. The first-order valence-electron chi connectivity index (χ1n) is 5.00. The van der Waals surface area contributed by atoms with Crippen molar-refractivity contribution in [3.05, 3.63) is 42.1 Å². The van der Waals surface area contributed by atoms with E-state index in [1.807, 2.05) is 6.07 Å². The van der Waals surface area contributed by atoms with Crippen molar-refractivity contribution in [2.45, 2.75) is 0 Å². The van der Waals surface area contributed by atoms with Gasteiger partial charge in [0.05, 0.1) is 13.2 Å². The minimum absolute atomic E-state index is 0.846. The molecule has 0 amide bonds. The topological polar surface area (TPSA) is 12.5 Å². The van der Waals surface area contributed by atoms with Gasteiger partial charge in [-0.3, -0.25) is 0 Å². The van der Waals surface area contributed by atoms with Crippen LogP contribution in [0, 0.1) is 0 Å². The first kappa shape index (κ1) is 9.28. The Hall–Kier alpha value is -1.28. The van der Waals surface area contributed by atoms with Crippen molar-refractivity contribution in [1.29, 1.82) is 0 Å². The summed E-state index contributed by atoms with van der Waals surface area (Å²) in [6.07, 6.45) is 4.29. The maximum Gasteiger partial charge on any atom is 0.0642 e. The Kier molecular flexibility index (Phi) is 3.19. The van der Waals surface area contributed by atoms with Crippen molar-refractivity contribution in [1.82, 2.24) is 4.90 Å². The van der Waals surface area contributed by atoms with Crippen LogP contribution in [0.25, 0.3) is 6.08 Å². The molecule has 1 aromatic carbocycles. The van der Waals surface area contributed by atoms with Gasteiger partial charge >= 0.3 is 0 Å². The van der Waals surface area contributed by atoms with E-state index in [0.717, 1.165) is 26.3 Å². The fraction of sp³-hybridized carbons (Fsp3) is 0.333. The average molecular weight is 189 g/mol. The van der Waals surface area contributed by atoms with Gasteiger partial charge in [-0.15, -0.1) is 0 Å². The quantitative estimate of drug-likeness (QED) is 0.705. The second kappa shape index (κ2) is 4.82. The van der Waals surface area contributed by atoms with E-state index >= 15 is 0 Å². The summed E-state index contributed by atoms with van der Waals surface area (Å²) >= 11 is 0. The first-order valence-corrected chi connectivity index (χ1v) is 5.00. The van der Waals surface area contributed by atoms with Gasteiger partial charge in [-0.2, -0.15) is 0 Å². The number of morpholine rings is 1. The molecule has 1 aliphatic rings. The van der Waals surface area contributed by atoms with Crippen molar-refractivity contribution in [2.24, 2.45) is 0 Å². The van der Waals surface area contributed by atoms with Crippen LogP contribution in [0.15, 0.2) is 36.5 Å². The van der Waals surface area contributed by atoms with Gasteiger partial charge in [0.2, 0.25) is 0 Å². The van der Waals surface area contributed by atoms with Crippen molar-refractivity contribution in [3.63, 3.8) is 0 Å². The predicted octanol–water partition coefficient (Wildman–Crippen LogP) is 1.99. The molecule has 1 fully saturated rings. The van der Waals surface area contributed by atoms with Crippen LogP contribution in [0.4, 0.5) is 0 Å². The molecule has 0 saturated carbocycles. The SMILES string of the molecule is C(=C/N1CCOCC1)/c1ccccc1. The standard InChI is InChI=1S/C12H15NO/c1-2-4-12(5-3-1)6-7-13-8-10-14-11-9-13/h1-7H,8-11H2/b7-6-. The molecule has 0 spiro atoms. The number of hydrogen-bond acceptors (Lipinski definition) is 2. The summed E-state index contributed by atoms with van der Waals surface area (Å²) in [6, 6.07) is 10.4. The third kappa shape index (κ3) is 2.60. The van der Waals surface area contributed by atoms with Crippen LogP contribution >= 0.6 is 0 Å². The van der Waals surface area contributed by atoms with E-state index in [1.54, 1.807) is 0 Å². The highest BCUT2D eigenvalue weighted by molar-refractivity contribution is 5.48. The highest BCUT2D eigenvalue weighted by Gasteiger charge is 2.04. The summed E-state index contributed by atoms with van der Waals surface area (Å²) in [5, 5.41) is 0. The van der Waals surface area contributed by atoms with Gasteiger partial charge in [-0.1, -0.05) is 30.3 Å². The molecular weight excluding hydrogens is 174 g/mol. The number of ether oxygens (including phenoxy) is 1. The van der Waals surface area contributed by atoms with Gasteiger partial charge in [0.15, 0.2) is 0 Å². The van der Waals surface area contributed by atoms with Crippen LogP contribution < -0.4 is 0 Å². The molecule has 0 aliphatic carbocycles. The van der Waals surface area contributed by atoms with E-state index in [4.69, 9.17) is 4.74 Å². The molecule has 1 aromatic rings. The Morgan fingerprint density at radius 2 is 1.79 bits per heavy atom. The van der Waals surface area contributed by atoms with E-state index in [0.29, 0.717) is 0 Å². The maximum atomic E-state index is 5.28. The molecule has 2 heteroatoms. The minimum atomic E-state index is 0.846. The van der Waals surface area contributed by atoms with E-state index in [9.17, 15) is 0 Å². The van der Waals surface area contributed by atoms with Crippen LogP contribution in [0.5, 0.6) is 0 Å². The summed E-state index contributed by atoms with van der Waals surface area (Å²) < 4.78 is 5.28. The molecule has 2 rings (SSSR count). The molecule has 0 aromatic heterocycles. The molecule has 74 valence electrons. The van der Waals surface area contributed by atoms with Crippen molar-refractivity contribution >= 4 is 6.08 Å². The second-order valence-electron chi connectivity index (χ2n) is 3.37. The smallest absolute Gasteiger partial charge is 0.0642 e. The Morgan fingerprint density at radius 1 is 1.07 bits per heavy atom. The van der Waals surface area contributed by atoms with Crippen LogP contribution in [0.2, 0.25) is 0 Å². The molecule has 14 heavy (non-hydrogen) atoms. The number of rotatable bonds is 2. The summed E-state index contributed by atoms with van der Waals surface area (Å²) in [6.45, 7) is 3.70. The minimum Gasteiger partial charge on any atom is -0.378 e. The Morgan fingerprint density at radius 3 is 2.50 bits per heavy atom. The predicted molar refractivity (Wildman–Crippen MR) is 57.9 cm³/mol. The zero-order valence-electron chi connectivity index (χ0n) is 8.23. The largest absolute Gasteiger partial charge is 0.378 e. The lowest BCUT2D eigenvalue weighted by atomic mass is 10.2. The Labute approximate surface area is 84.8 Å². The Balaban J connectivity index is 1.93. The molecule has 0 unspecified atom stereocenters. The van der Waals surface area contributed by atoms with Crippen LogP contribution in [0.3, 0.4) is 0 Å². The van der Waals surface area contributed by atoms with Crippen molar-refractivity contribution in [3.8, 4) is 0 Å². The van der Waals surface area contributed by atoms with Gasteiger partial charge < -0.3 is 9.64 Å². The number of hydrogen-bond donors (Lipinski definition) is 0. The van der Waals surface area contributed by atoms with Gasteiger partial charge in [0.1, 0.15) is 0 Å². The second-order valence-corrected chi connectivity index (χ2v) is 3.37. The number of benzene rings is 1. The molecule has 1 heterocycles. The normalized spacial score (nSPS) is 17.6. The van der Waals surface area contributed by atoms with E-state index in [1.165, 1.54) is 5.56 Å². The molecule has 0 radical (unpaired) electrons. The molecule has 0 N–H and O–H groups in total. The highest BCUT2D eigenvalue weighted by Crippen LogP contribution is 2.04. The van der Waals surface area contributed by atoms with Gasteiger partial charge in [-0.25, -0.2) is 0 Å². The zero-order chi connectivity index (χ0) is 9.64. The maximum absolute atomic E-state index is 5.28. The molecule has 1 aliphatic heterocycles. The van der Waals surface area contributed by atoms with E-state index in [-0.39, 0.29) is 0 Å².